The second-order valence-electron chi connectivity index (χ2n) is 19.4. The molecule has 0 spiro atoms. The highest BCUT2D eigenvalue weighted by atomic mass is 16.4. The highest BCUT2D eigenvalue weighted by molar-refractivity contribution is 5.98. The fourth-order valence-corrected chi connectivity index (χ4v) is 7.10. The summed E-state index contributed by atoms with van der Waals surface area (Å²) < 4.78 is 0. The van der Waals surface area contributed by atoms with E-state index >= 15 is 0 Å². The lowest BCUT2D eigenvalue weighted by atomic mass is 9.95. The molecule has 0 rings (SSSR count). The van der Waals surface area contributed by atoms with Crippen molar-refractivity contribution in [1.82, 2.24) is 42.5 Å². The van der Waals surface area contributed by atoms with Crippen molar-refractivity contribution in [1.29, 1.82) is 0 Å². The van der Waals surface area contributed by atoms with Crippen molar-refractivity contribution in [2.24, 2.45) is 57.5 Å². The largest absolute Gasteiger partial charge is 0.480 e. The summed E-state index contributed by atoms with van der Waals surface area (Å²) in [6.07, 6.45) is 2.40. The number of carbonyl (C=O) groups excluding carboxylic acids is 8. The number of nitrogens with zero attached hydrogens (tertiary/aromatic N) is 1. The van der Waals surface area contributed by atoms with Gasteiger partial charge >= 0.3 is 5.97 Å². The van der Waals surface area contributed by atoms with E-state index in [2.05, 4.69) is 47.5 Å². The highest BCUT2D eigenvalue weighted by Gasteiger charge is 2.36. The van der Waals surface area contributed by atoms with Gasteiger partial charge in [-0.15, -0.1) is 0 Å². The number of hydrogen-bond donors (Lipinski definition) is 13. The zero-order valence-electron chi connectivity index (χ0n) is 42.9. The number of carboxylic acids is 1. The number of aliphatic carboxylic acids is 1. The lowest BCUT2D eigenvalue weighted by molar-refractivity contribution is -0.143. The molecule has 0 aromatic rings. The first-order chi connectivity index (χ1) is 32.2. The number of aliphatic imine (C=N–C) groups is 1. The molecule has 23 nitrogen and oxygen atoms in total. The molecule has 0 bridgehead atoms. The van der Waals surface area contributed by atoms with Crippen LogP contribution < -0.4 is 65.5 Å². The monoisotopic (exact) mass is 982 g/mol. The summed E-state index contributed by atoms with van der Waals surface area (Å²) >= 11 is 0. The highest BCUT2D eigenvalue weighted by Crippen LogP contribution is 2.15. The first-order valence-electron chi connectivity index (χ1n) is 24.3. The number of amides is 8. The zero-order valence-corrected chi connectivity index (χ0v) is 42.9. The van der Waals surface area contributed by atoms with E-state index in [1.54, 1.807) is 20.8 Å². The molecule has 0 heterocycles. The van der Waals surface area contributed by atoms with Crippen LogP contribution in [0.25, 0.3) is 0 Å². The van der Waals surface area contributed by atoms with Crippen molar-refractivity contribution < 1.29 is 48.3 Å². The lowest BCUT2D eigenvalue weighted by Crippen LogP contribution is -2.61. The van der Waals surface area contributed by atoms with Crippen molar-refractivity contribution in [3.05, 3.63) is 0 Å². The van der Waals surface area contributed by atoms with Gasteiger partial charge in [0, 0.05) is 6.54 Å². The number of guanidine groups is 1. The molecule has 0 aromatic carbocycles. The van der Waals surface area contributed by atoms with E-state index in [0.29, 0.717) is 25.8 Å². The minimum absolute atomic E-state index is 0.0178. The van der Waals surface area contributed by atoms with E-state index in [-0.39, 0.29) is 75.3 Å². The van der Waals surface area contributed by atoms with E-state index in [1.807, 2.05) is 48.5 Å². The molecule has 396 valence electrons. The number of hydrogen-bond acceptors (Lipinski definition) is 12. The van der Waals surface area contributed by atoms with Crippen molar-refractivity contribution in [2.75, 3.05) is 19.6 Å². The Morgan fingerprint density at radius 3 is 1.32 bits per heavy atom. The van der Waals surface area contributed by atoms with Gasteiger partial charge in [0.05, 0.1) is 6.54 Å². The molecule has 0 saturated heterocycles. The fourth-order valence-electron chi connectivity index (χ4n) is 7.10. The van der Waals surface area contributed by atoms with Crippen LogP contribution in [-0.2, 0) is 43.2 Å². The van der Waals surface area contributed by atoms with Crippen molar-refractivity contribution in [3.63, 3.8) is 0 Å². The minimum atomic E-state index is -1.23. The molecule has 0 unspecified atom stereocenters. The number of carbonyl (C=O) groups is 9. The minimum Gasteiger partial charge on any atom is -0.480 e. The van der Waals surface area contributed by atoms with Gasteiger partial charge in [-0.3, -0.25) is 43.3 Å². The first kappa shape index (κ1) is 63.4. The smallest absolute Gasteiger partial charge is 0.326 e. The van der Waals surface area contributed by atoms with Crippen LogP contribution in [0.4, 0.5) is 0 Å². The van der Waals surface area contributed by atoms with Crippen LogP contribution in [0.2, 0.25) is 0 Å². The maximum atomic E-state index is 14.2. The van der Waals surface area contributed by atoms with Crippen LogP contribution in [0, 0.1) is 29.6 Å². The third-order valence-electron chi connectivity index (χ3n) is 11.2. The van der Waals surface area contributed by atoms with Gasteiger partial charge in [-0.2, -0.15) is 0 Å². The van der Waals surface area contributed by atoms with Gasteiger partial charge in [0.15, 0.2) is 5.96 Å². The van der Waals surface area contributed by atoms with Crippen molar-refractivity contribution in [2.45, 2.75) is 182 Å². The molecule has 9 atom stereocenters. The van der Waals surface area contributed by atoms with Gasteiger partial charge in [0.1, 0.15) is 48.3 Å². The SMILES string of the molecule is CC[C@H](C)[C@H](NC(=O)[C@H](CCCN=C(N)N)NC(=O)[C@H](CC(C)C)NC(=O)CN)C(=O)N[C@@H](CC(C)C)C(=O)N[C@@H](CC(C)C)C(=O)N[C@@H](C)C(=O)N[C@@H](CCCCN)C(=O)N[C@H](C(=O)O)C(C)C. The lowest BCUT2D eigenvalue weighted by Gasteiger charge is -2.30. The predicted molar refractivity (Wildman–Crippen MR) is 263 cm³/mol. The Hall–Kier alpha value is -5.58. The Kier molecular flexibility index (Phi) is 30.4. The predicted octanol–water partition coefficient (Wildman–Crippen LogP) is -1.05. The van der Waals surface area contributed by atoms with Crippen LogP contribution in [0.1, 0.15) is 134 Å². The quantitative estimate of drug-likeness (QED) is 0.0208. The van der Waals surface area contributed by atoms with Crippen molar-refractivity contribution in [3.8, 4) is 0 Å². The summed E-state index contributed by atoms with van der Waals surface area (Å²) in [5, 5.41) is 30.9. The summed E-state index contributed by atoms with van der Waals surface area (Å²) in [6, 6.07) is -9.29. The molecule has 0 aromatic heterocycles. The molecule has 17 N–H and O–H groups in total. The summed E-state index contributed by atoms with van der Waals surface area (Å²) in [4.78, 5) is 124. The Morgan fingerprint density at radius 1 is 0.493 bits per heavy atom. The molecular formula is C46H87N13O10. The van der Waals surface area contributed by atoms with Gasteiger partial charge < -0.3 is 70.6 Å². The van der Waals surface area contributed by atoms with Crippen LogP contribution in [0.3, 0.4) is 0 Å². The molecule has 69 heavy (non-hydrogen) atoms. The number of rotatable bonds is 34. The standard InChI is InChI=1S/C46H87N13O10/c1-12-28(10)37(59-40(63)31(17-15-19-51-46(49)50)55-42(65)32(20-24(2)3)53-35(60)23-48)44(67)57-34(22-26(6)7)43(66)56-33(21-25(4)5)41(64)52-29(11)38(61)54-30(16-13-14-18-47)39(62)58-36(27(8)9)45(68)69/h24-34,36-37H,12-23,47-48H2,1-11H3,(H,52,64)(H,53,60)(H,54,61)(H,55,65)(H,56,66)(H,57,67)(H,58,62)(H,59,63)(H,68,69)(H4,49,50,51)/t28-,29-,30-,31-,32-,33-,34-,36-,37-/m0/s1. The second-order valence-corrected chi connectivity index (χ2v) is 19.4. The second kappa shape index (κ2) is 33.0. The van der Waals surface area contributed by atoms with E-state index in [4.69, 9.17) is 22.9 Å². The van der Waals surface area contributed by atoms with E-state index in [9.17, 15) is 48.3 Å². The normalized spacial score (nSPS) is 15.3. The van der Waals surface area contributed by atoms with Crippen LogP contribution in [0.5, 0.6) is 0 Å². The Morgan fingerprint density at radius 2 is 0.899 bits per heavy atom. The fraction of sp³-hybridized carbons (Fsp3) is 0.783. The number of carboxylic acid groups (broad SMARTS) is 1. The number of nitrogens with two attached hydrogens (primary N) is 4. The van der Waals surface area contributed by atoms with Crippen LogP contribution >= 0.6 is 0 Å². The van der Waals surface area contributed by atoms with Gasteiger partial charge in [0.25, 0.3) is 0 Å². The zero-order chi connectivity index (χ0) is 53.1. The first-order valence-corrected chi connectivity index (χ1v) is 24.3. The van der Waals surface area contributed by atoms with E-state index in [1.165, 1.54) is 6.92 Å². The van der Waals surface area contributed by atoms with Gasteiger partial charge in [-0.1, -0.05) is 75.7 Å². The molecule has 0 aliphatic rings. The summed E-state index contributed by atoms with van der Waals surface area (Å²) in [6.45, 7) is 19.4. The summed E-state index contributed by atoms with van der Waals surface area (Å²) in [7, 11) is 0. The van der Waals surface area contributed by atoms with Crippen molar-refractivity contribution >= 4 is 59.2 Å². The summed E-state index contributed by atoms with van der Waals surface area (Å²) in [5.41, 5.74) is 22.1. The van der Waals surface area contributed by atoms with E-state index in [0.717, 1.165) is 0 Å². The van der Waals surface area contributed by atoms with Crippen LogP contribution in [0.15, 0.2) is 4.99 Å². The molecule has 0 fully saturated rings. The third kappa shape index (κ3) is 25.6. The Bertz CT molecular complexity index is 1710. The van der Waals surface area contributed by atoms with E-state index < -0.39 is 113 Å². The number of unbranched alkanes of at least 4 members (excludes halogenated alkanes) is 1. The Balaban J connectivity index is 6.51. The molecular weight excluding hydrogens is 895 g/mol. The van der Waals surface area contributed by atoms with Gasteiger partial charge in [-0.25, -0.2) is 4.79 Å². The maximum absolute atomic E-state index is 14.2. The molecule has 0 saturated carbocycles. The average Bonchev–Trinajstić information content (AvgIpc) is 3.25. The van der Waals surface area contributed by atoms with Crippen LogP contribution in [-0.4, -0.2) is 132 Å². The topological polar surface area (TPSA) is 387 Å². The molecule has 0 aliphatic carbocycles. The third-order valence-corrected chi connectivity index (χ3v) is 11.2. The molecule has 0 aliphatic heterocycles. The maximum Gasteiger partial charge on any atom is 0.326 e. The molecule has 8 amide bonds. The molecule has 0 radical (unpaired) electrons. The summed E-state index contributed by atoms with van der Waals surface area (Å²) in [5.74, 6) is -8.02. The Labute approximate surface area is 408 Å². The number of nitrogens with one attached hydrogen (secondary N) is 8. The van der Waals surface area contributed by atoms with Gasteiger partial charge in [-0.05, 0) is 94.4 Å². The van der Waals surface area contributed by atoms with Gasteiger partial charge in [0.2, 0.25) is 47.3 Å². The molecule has 23 heteroatoms. The average molecular weight is 982 g/mol.